The molecular weight excluding hydrogens is 114 g/mol. The summed E-state index contributed by atoms with van der Waals surface area (Å²) in [6, 6.07) is 0. The predicted molar refractivity (Wildman–Crippen MR) is 38.9 cm³/mol. The van der Waals surface area contributed by atoms with E-state index in [9.17, 15) is 4.39 Å². The molecule has 0 amide bonds. The van der Waals surface area contributed by atoms with Crippen LogP contribution in [-0.2, 0) is 0 Å². The highest BCUT2D eigenvalue weighted by Gasteiger charge is 1.87. The molecule has 0 aliphatic carbocycles. The quantitative estimate of drug-likeness (QED) is 0.388. The van der Waals surface area contributed by atoms with Crippen molar-refractivity contribution in [2.75, 3.05) is 0 Å². The molecule has 0 fully saturated rings. The monoisotopic (exact) mass is 122 g/mol. The van der Waals surface area contributed by atoms with Gasteiger partial charge in [0.15, 0.2) is 0 Å². The third-order valence-electron chi connectivity index (χ3n) is 0.781. The van der Waals surface area contributed by atoms with Crippen LogP contribution in [0.3, 0.4) is 0 Å². The van der Waals surface area contributed by atoms with Crippen LogP contribution in [0.25, 0.3) is 0 Å². The van der Waals surface area contributed by atoms with Crippen LogP contribution < -0.4 is 0 Å². The molecule has 0 aliphatic rings. The van der Waals surface area contributed by atoms with Gasteiger partial charge in [0.25, 0.3) is 0 Å². The summed E-state index contributed by atoms with van der Waals surface area (Å²) in [5.74, 6) is -0.590. The summed E-state index contributed by atoms with van der Waals surface area (Å²) in [5.41, 5.74) is 0.0769. The van der Waals surface area contributed by atoms with Gasteiger partial charge in [-0.3, -0.25) is 0 Å². The van der Waals surface area contributed by atoms with E-state index in [2.05, 4.69) is 6.58 Å². The van der Waals surface area contributed by atoms with E-state index in [1.165, 1.54) is 6.08 Å². The Morgan fingerprint density at radius 2 is 2.22 bits per heavy atom. The van der Waals surface area contributed by atoms with Crippen molar-refractivity contribution in [3.8, 4) is 0 Å². The Kier molecular flexibility index (Phi) is 3.77. The van der Waals surface area contributed by atoms with Gasteiger partial charge in [0.1, 0.15) is 13.7 Å². The number of hydrogen-bond acceptors (Lipinski definition) is 0. The molecule has 0 unspecified atom stereocenters. The lowest BCUT2D eigenvalue weighted by molar-refractivity contribution is 0.666. The van der Waals surface area contributed by atoms with Crippen LogP contribution in [-0.4, -0.2) is 7.85 Å². The van der Waals surface area contributed by atoms with Crippen LogP contribution in [0.15, 0.2) is 36.1 Å². The van der Waals surface area contributed by atoms with Crippen molar-refractivity contribution in [3.63, 3.8) is 0 Å². The second-order valence-electron chi connectivity index (χ2n) is 1.55. The molecule has 46 valence electrons. The molecule has 2 radical (unpaired) electrons. The average Bonchev–Trinajstić information content (AvgIpc) is 1.82. The van der Waals surface area contributed by atoms with Crippen molar-refractivity contribution < 1.29 is 4.39 Å². The third kappa shape index (κ3) is 3.77. The standard InChI is InChI=1S/C7H8BF/c1-3-4-5-7(8)6(2)9/h3-5H,2H2,1H3/b4-3-,7-5+. The number of rotatable bonds is 2. The lowest BCUT2D eigenvalue weighted by Gasteiger charge is -1.89. The summed E-state index contributed by atoms with van der Waals surface area (Å²) in [6.07, 6.45) is 4.87. The molecule has 0 heterocycles. The Balaban J connectivity index is 4.00. The zero-order valence-corrected chi connectivity index (χ0v) is 5.39. The van der Waals surface area contributed by atoms with Gasteiger partial charge in [0.2, 0.25) is 0 Å². The normalized spacial score (nSPS) is 12.4. The average molecular weight is 122 g/mol. The van der Waals surface area contributed by atoms with Crippen molar-refractivity contribution in [1.29, 1.82) is 0 Å². The van der Waals surface area contributed by atoms with Crippen LogP contribution in [0.4, 0.5) is 4.39 Å². The number of hydrogen-bond donors (Lipinski definition) is 0. The molecule has 0 N–H and O–H groups in total. The van der Waals surface area contributed by atoms with Crippen molar-refractivity contribution in [2.24, 2.45) is 0 Å². The molecule has 2 heteroatoms. The number of halogens is 1. The molecule has 0 nitrogen and oxygen atoms in total. The fourth-order valence-corrected chi connectivity index (χ4v) is 0.290. The maximum Gasteiger partial charge on any atom is 0.117 e. The fraction of sp³-hybridized carbons (Fsp3) is 0.143. The molecule has 0 rings (SSSR count). The summed E-state index contributed by atoms with van der Waals surface area (Å²) >= 11 is 0. The van der Waals surface area contributed by atoms with E-state index < -0.39 is 5.83 Å². The van der Waals surface area contributed by atoms with Gasteiger partial charge in [-0.2, -0.15) is 0 Å². The minimum atomic E-state index is -0.590. The fourth-order valence-electron chi connectivity index (χ4n) is 0.290. The predicted octanol–water partition coefficient (Wildman–Crippen LogP) is 2.10. The van der Waals surface area contributed by atoms with Crippen LogP contribution >= 0.6 is 0 Å². The van der Waals surface area contributed by atoms with Gasteiger partial charge in [-0.1, -0.05) is 30.3 Å². The van der Waals surface area contributed by atoms with Crippen LogP contribution in [0.2, 0.25) is 0 Å². The maximum atomic E-state index is 12.0. The third-order valence-corrected chi connectivity index (χ3v) is 0.781. The Bertz CT molecular complexity index is 156. The minimum Gasteiger partial charge on any atom is -0.208 e. The van der Waals surface area contributed by atoms with Gasteiger partial charge in [-0.05, 0) is 6.92 Å². The Hall–Kier alpha value is -0.785. The van der Waals surface area contributed by atoms with E-state index in [0.29, 0.717) is 0 Å². The van der Waals surface area contributed by atoms with E-state index in [0.717, 1.165) is 0 Å². The highest BCUT2D eigenvalue weighted by molar-refractivity contribution is 6.24. The largest absolute Gasteiger partial charge is 0.208 e. The molecule has 0 aliphatic heterocycles. The van der Waals surface area contributed by atoms with Crippen molar-refractivity contribution in [3.05, 3.63) is 36.1 Å². The first-order valence-corrected chi connectivity index (χ1v) is 2.61. The first kappa shape index (κ1) is 8.21. The lowest BCUT2D eigenvalue weighted by atomic mass is 9.94. The van der Waals surface area contributed by atoms with E-state index in [1.54, 1.807) is 12.2 Å². The first-order chi connectivity index (χ1) is 4.18. The Labute approximate surface area is 56.2 Å². The summed E-state index contributed by atoms with van der Waals surface area (Å²) in [6.45, 7) is 4.84. The highest BCUT2D eigenvalue weighted by Crippen LogP contribution is 2.02. The summed E-state index contributed by atoms with van der Waals surface area (Å²) in [5, 5.41) is 0. The van der Waals surface area contributed by atoms with E-state index >= 15 is 0 Å². The second-order valence-corrected chi connectivity index (χ2v) is 1.55. The second kappa shape index (κ2) is 4.13. The zero-order valence-electron chi connectivity index (χ0n) is 5.39. The van der Waals surface area contributed by atoms with E-state index in [4.69, 9.17) is 7.85 Å². The van der Waals surface area contributed by atoms with Gasteiger partial charge in [0, 0.05) is 0 Å². The van der Waals surface area contributed by atoms with Crippen molar-refractivity contribution in [2.45, 2.75) is 6.92 Å². The van der Waals surface area contributed by atoms with E-state index in [1.807, 2.05) is 6.92 Å². The molecule has 0 saturated carbocycles. The molecule has 0 aromatic rings. The van der Waals surface area contributed by atoms with Gasteiger partial charge in [-0.25, -0.2) is 4.39 Å². The van der Waals surface area contributed by atoms with Gasteiger partial charge in [-0.15, -0.1) is 0 Å². The zero-order chi connectivity index (χ0) is 7.28. The SMILES string of the molecule is [B]/C(=C/C=C\C)C(=C)F. The molecule has 0 spiro atoms. The summed E-state index contributed by atoms with van der Waals surface area (Å²) in [7, 11) is 5.14. The van der Waals surface area contributed by atoms with Crippen LogP contribution in [0, 0.1) is 0 Å². The minimum absolute atomic E-state index is 0.0769. The van der Waals surface area contributed by atoms with Crippen LogP contribution in [0.5, 0.6) is 0 Å². The summed E-state index contributed by atoms with van der Waals surface area (Å²) < 4.78 is 12.0. The topological polar surface area (TPSA) is 0 Å². The summed E-state index contributed by atoms with van der Waals surface area (Å²) in [4.78, 5) is 0. The van der Waals surface area contributed by atoms with Gasteiger partial charge >= 0.3 is 0 Å². The highest BCUT2D eigenvalue weighted by atomic mass is 19.1. The molecule has 9 heavy (non-hydrogen) atoms. The molecule has 0 bridgehead atoms. The van der Waals surface area contributed by atoms with Crippen molar-refractivity contribution >= 4 is 7.85 Å². The molecule has 0 saturated heterocycles. The smallest absolute Gasteiger partial charge is 0.117 e. The van der Waals surface area contributed by atoms with Gasteiger partial charge < -0.3 is 0 Å². The first-order valence-electron chi connectivity index (χ1n) is 2.61. The Morgan fingerprint density at radius 1 is 1.67 bits per heavy atom. The van der Waals surface area contributed by atoms with Crippen LogP contribution in [0.1, 0.15) is 6.92 Å². The molecule has 0 aromatic heterocycles. The molecule has 0 atom stereocenters. The van der Waals surface area contributed by atoms with Crippen molar-refractivity contribution in [1.82, 2.24) is 0 Å². The van der Waals surface area contributed by atoms with Gasteiger partial charge in [0.05, 0.1) is 0 Å². The Morgan fingerprint density at radius 3 is 2.56 bits per heavy atom. The lowest BCUT2D eigenvalue weighted by Crippen LogP contribution is -1.77. The molecular formula is C7H8BF. The molecule has 0 aromatic carbocycles. The number of allylic oxidation sites excluding steroid dienone is 5. The van der Waals surface area contributed by atoms with E-state index in [-0.39, 0.29) is 5.47 Å². The maximum absolute atomic E-state index is 12.0.